The number of rotatable bonds is 5. The van der Waals surface area contributed by atoms with Gasteiger partial charge in [-0.25, -0.2) is 4.98 Å². The Labute approximate surface area is 182 Å². The third kappa shape index (κ3) is 4.37. The second kappa shape index (κ2) is 8.65. The van der Waals surface area contributed by atoms with Crippen LogP contribution in [0.15, 0.2) is 36.4 Å². The molecule has 0 atom stereocenters. The van der Waals surface area contributed by atoms with Crippen molar-refractivity contribution >= 4 is 55.8 Å². The average Bonchev–Trinajstić information content (AvgIpc) is 3.17. The smallest absolute Gasteiger partial charge is 0.260 e. The SMILES string of the molecule is COc1cccc2sc(N3CCN(C(=O)COc4ccc(Cl)cc4Cl)CC3)nc12. The number of ether oxygens (including phenoxy) is 2. The van der Waals surface area contributed by atoms with Gasteiger partial charge in [0.2, 0.25) is 0 Å². The number of hydrogen-bond donors (Lipinski definition) is 0. The van der Waals surface area contributed by atoms with Crippen molar-refractivity contribution in [3.63, 3.8) is 0 Å². The highest BCUT2D eigenvalue weighted by molar-refractivity contribution is 7.22. The molecule has 0 aliphatic carbocycles. The second-order valence-electron chi connectivity index (χ2n) is 6.53. The Bertz CT molecular complexity index is 1030. The third-order valence-electron chi connectivity index (χ3n) is 4.74. The number of carbonyl (C=O) groups excluding carboxylic acids is 1. The Hall–Kier alpha value is -2.22. The minimum Gasteiger partial charge on any atom is -0.494 e. The third-order valence-corrected chi connectivity index (χ3v) is 6.35. The molecule has 2 heterocycles. The lowest BCUT2D eigenvalue weighted by Crippen LogP contribution is -2.50. The van der Waals surface area contributed by atoms with E-state index >= 15 is 0 Å². The summed E-state index contributed by atoms with van der Waals surface area (Å²) in [6, 6.07) is 10.9. The van der Waals surface area contributed by atoms with E-state index in [4.69, 9.17) is 37.7 Å². The number of halogens is 2. The fraction of sp³-hybridized carbons (Fsp3) is 0.300. The fourth-order valence-electron chi connectivity index (χ4n) is 3.18. The lowest BCUT2D eigenvalue weighted by atomic mass is 10.3. The van der Waals surface area contributed by atoms with Gasteiger partial charge in [-0.3, -0.25) is 4.79 Å². The minimum atomic E-state index is -0.0679. The normalized spacial score (nSPS) is 14.3. The van der Waals surface area contributed by atoms with Crippen LogP contribution in [-0.4, -0.2) is 55.7 Å². The number of thiazole rings is 1. The molecule has 4 rings (SSSR count). The molecule has 0 N–H and O–H groups in total. The number of aromatic nitrogens is 1. The molecule has 29 heavy (non-hydrogen) atoms. The van der Waals surface area contributed by atoms with Crippen LogP contribution < -0.4 is 14.4 Å². The first-order valence-corrected chi connectivity index (χ1v) is 10.7. The maximum atomic E-state index is 12.5. The van der Waals surface area contributed by atoms with E-state index in [1.165, 1.54) is 0 Å². The summed E-state index contributed by atoms with van der Waals surface area (Å²) in [5.41, 5.74) is 0.877. The fourth-order valence-corrected chi connectivity index (χ4v) is 4.68. The maximum Gasteiger partial charge on any atom is 0.260 e. The molecule has 0 spiro atoms. The lowest BCUT2D eigenvalue weighted by molar-refractivity contribution is -0.133. The van der Waals surface area contributed by atoms with Crippen LogP contribution in [-0.2, 0) is 4.79 Å². The van der Waals surface area contributed by atoms with Crippen LogP contribution in [0.4, 0.5) is 5.13 Å². The summed E-state index contributed by atoms with van der Waals surface area (Å²) >= 11 is 13.6. The summed E-state index contributed by atoms with van der Waals surface area (Å²) in [7, 11) is 1.65. The molecule has 1 aliphatic rings. The van der Waals surface area contributed by atoms with Gasteiger partial charge in [-0.05, 0) is 30.3 Å². The molecule has 0 bridgehead atoms. The predicted octanol–water partition coefficient (Wildman–Crippen LogP) is 4.34. The van der Waals surface area contributed by atoms with E-state index < -0.39 is 0 Å². The largest absolute Gasteiger partial charge is 0.494 e. The number of carbonyl (C=O) groups is 1. The van der Waals surface area contributed by atoms with Gasteiger partial charge in [-0.2, -0.15) is 0 Å². The molecule has 3 aromatic rings. The molecule has 1 saturated heterocycles. The van der Waals surface area contributed by atoms with Gasteiger partial charge >= 0.3 is 0 Å². The van der Waals surface area contributed by atoms with Crippen LogP contribution in [0.25, 0.3) is 10.2 Å². The Balaban J connectivity index is 1.35. The van der Waals surface area contributed by atoms with Crippen molar-refractivity contribution in [3.05, 3.63) is 46.4 Å². The molecule has 6 nitrogen and oxygen atoms in total. The first-order valence-electron chi connectivity index (χ1n) is 9.09. The van der Waals surface area contributed by atoms with E-state index in [2.05, 4.69) is 4.90 Å². The number of piperazine rings is 1. The van der Waals surface area contributed by atoms with Crippen molar-refractivity contribution in [2.24, 2.45) is 0 Å². The molecular weight excluding hydrogens is 433 g/mol. The van der Waals surface area contributed by atoms with E-state index in [9.17, 15) is 4.79 Å². The van der Waals surface area contributed by atoms with E-state index in [0.29, 0.717) is 28.9 Å². The zero-order valence-electron chi connectivity index (χ0n) is 15.7. The van der Waals surface area contributed by atoms with E-state index in [-0.39, 0.29) is 12.5 Å². The van der Waals surface area contributed by atoms with E-state index in [1.807, 2.05) is 18.2 Å². The summed E-state index contributed by atoms with van der Waals surface area (Å²) in [6.45, 7) is 2.61. The first kappa shape index (κ1) is 20.1. The van der Waals surface area contributed by atoms with Gasteiger partial charge in [0.1, 0.15) is 17.0 Å². The van der Waals surface area contributed by atoms with Gasteiger partial charge < -0.3 is 19.3 Å². The minimum absolute atomic E-state index is 0.0559. The number of fused-ring (bicyclic) bond motifs is 1. The monoisotopic (exact) mass is 451 g/mol. The number of methoxy groups -OCH3 is 1. The number of para-hydroxylation sites is 1. The lowest BCUT2D eigenvalue weighted by Gasteiger charge is -2.34. The molecule has 152 valence electrons. The summed E-state index contributed by atoms with van der Waals surface area (Å²) in [5, 5.41) is 1.86. The average molecular weight is 452 g/mol. The molecule has 0 saturated carbocycles. The van der Waals surface area contributed by atoms with Crippen LogP contribution in [0.3, 0.4) is 0 Å². The van der Waals surface area contributed by atoms with Gasteiger partial charge in [-0.15, -0.1) is 0 Å². The maximum absolute atomic E-state index is 12.5. The molecule has 0 unspecified atom stereocenters. The Kier molecular flexibility index (Phi) is 5.99. The van der Waals surface area contributed by atoms with Crippen molar-refractivity contribution in [2.45, 2.75) is 0 Å². The molecule has 9 heteroatoms. The van der Waals surface area contributed by atoms with Crippen molar-refractivity contribution in [2.75, 3.05) is 44.8 Å². The zero-order valence-corrected chi connectivity index (χ0v) is 18.1. The Morgan fingerprint density at radius 3 is 2.66 bits per heavy atom. The van der Waals surface area contributed by atoms with Crippen LogP contribution in [0, 0.1) is 0 Å². The van der Waals surface area contributed by atoms with Crippen molar-refractivity contribution in [1.82, 2.24) is 9.88 Å². The molecule has 1 aliphatic heterocycles. The van der Waals surface area contributed by atoms with Crippen LogP contribution >= 0.6 is 34.5 Å². The molecule has 1 aromatic heterocycles. The number of anilines is 1. The van der Waals surface area contributed by atoms with Crippen molar-refractivity contribution < 1.29 is 14.3 Å². The number of hydrogen-bond acceptors (Lipinski definition) is 6. The summed E-state index contributed by atoms with van der Waals surface area (Å²) in [4.78, 5) is 21.2. The molecule has 1 fully saturated rings. The molecule has 0 radical (unpaired) electrons. The Morgan fingerprint density at radius 2 is 1.93 bits per heavy atom. The summed E-state index contributed by atoms with van der Waals surface area (Å²) in [5.74, 6) is 1.16. The van der Waals surface area contributed by atoms with Crippen LogP contribution in [0.1, 0.15) is 0 Å². The van der Waals surface area contributed by atoms with E-state index in [0.717, 1.165) is 34.2 Å². The summed E-state index contributed by atoms with van der Waals surface area (Å²) in [6.07, 6.45) is 0. The Morgan fingerprint density at radius 1 is 1.14 bits per heavy atom. The van der Waals surface area contributed by atoms with Gasteiger partial charge in [0.15, 0.2) is 11.7 Å². The van der Waals surface area contributed by atoms with Gasteiger partial charge in [0.05, 0.1) is 16.8 Å². The van der Waals surface area contributed by atoms with Gasteiger partial charge in [-0.1, -0.05) is 40.6 Å². The number of amides is 1. The number of nitrogens with zero attached hydrogens (tertiary/aromatic N) is 3. The molecular formula is C20H19Cl2N3O3S. The van der Waals surface area contributed by atoms with Gasteiger partial charge in [0.25, 0.3) is 5.91 Å². The highest BCUT2D eigenvalue weighted by Gasteiger charge is 2.24. The highest BCUT2D eigenvalue weighted by atomic mass is 35.5. The summed E-state index contributed by atoms with van der Waals surface area (Å²) < 4.78 is 12.1. The topological polar surface area (TPSA) is 54.9 Å². The highest BCUT2D eigenvalue weighted by Crippen LogP contribution is 2.34. The van der Waals surface area contributed by atoms with Gasteiger partial charge in [0, 0.05) is 31.2 Å². The predicted molar refractivity (Wildman–Crippen MR) is 117 cm³/mol. The second-order valence-corrected chi connectivity index (χ2v) is 8.39. The van der Waals surface area contributed by atoms with Crippen molar-refractivity contribution in [3.8, 4) is 11.5 Å². The van der Waals surface area contributed by atoms with E-state index in [1.54, 1.807) is 41.5 Å². The standard InChI is InChI=1S/C20H19Cl2N3O3S/c1-27-16-3-2-4-17-19(16)23-20(29-17)25-9-7-24(8-10-25)18(26)12-28-15-6-5-13(21)11-14(15)22/h2-6,11H,7-10,12H2,1H3. The zero-order chi connectivity index (χ0) is 20.4. The van der Waals surface area contributed by atoms with Crippen LogP contribution in [0.5, 0.6) is 11.5 Å². The van der Waals surface area contributed by atoms with Crippen molar-refractivity contribution in [1.29, 1.82) is 0 Å². The first-order chi connectivity index (χ1) is 14.0. The number of benzene rings is 2. The van der Waals surface area contributed by atoms with Crippen LogP contribution in [0.2, 0.25) is 10.0 Å². The molecule has 1 amide bonds. The molecule has 2 aromatic carbocycles. The quantitative estimate of drug-likeness (QED) is 0.577.